The largest absolute Gasteiger partial charge is 0.396 e. The van der Waals surface area contributed by atoms with E-state index in [1.807, 2.05) is 5.57 Å². The van der Waals surface area contributed by atoms with Crippen molar-refractivity contribution in [1.29, 1.82) is 0 Å². The molecule has 4 rings (SSSR count). The zero-order valence-electron chi connectivity index (χ0n) is 19.4. The second kappa shape index (κ2) is 8.13. The van der Waals surface area contributed by atoms with Gasteiger partial charge in [-0.25, -0.2) is 0 Å². The van der Waals surface area contributed by atoms with E-state index in [2.05, 4.69) is 33.8 Å². The van der Waals surface area contributed by atoms with Gasteiger partial charge in [0.1, 0.15) is 5.78 Å². The molecule has 0 radical (unpaired) electrons. The summed E-state index contributed by atoms with van der Waals surface area (Å²) in [5.74, 6) is 4.76. The predicted molar refractivity (Wildman–Crippen MR) is 119 cm³/mol. The lowest BCUT2D eigenvalue weighted by atomic mass is 9.47. The molecule has 3 fully saturated rings. The zero-order valence-corrected chi connectivity index (χ0v) is 19.4. The average Bonchev–Trinajstić information content (AvgIpc) is 3.05. The van der Waals surface area contributed by atoms with Crippen molar-refractivity contribution in [3.8, 4) is 0 Å². The Balaban J connectivity index is 1.47. The molecular formula is C27H44O2. The van der Waals surface area contributed by atoms with Gasteiger partial charge in [0, 0.05) is 19.4 Å². The fraction of sp³-hybridized carbons (Fsp3) is 0.889. The third kappa shape index (κ3) is 3.66. The van der Waals surface area contributed by atoms with Gasteiger partial charge >= 0.3 is 0 Å². The van der Waals surface area contributed by atoms with Crippen molar-refractivity contribution < 1.29 is 9.90 Å². The topological polar surface area (TPSA) is 37.3 Å². The zero-order chi connectivity index (χ0) is 20.8. The summed E-state index contributed by atoms with van der Waals surface area (Å²) in [6.07, 6.45) is 15.8. The van der Waals surface area contributed by atoms with E-state index in [9.17, 15) is 9.90 Å². The van der Waals surface area contributed by atoms with Crippen LogP contribution in [-0.4, -0.2) is 17.5 Å². The van der Waals surface area contributed by atoms with Crippen LogP contribution in [-0.2, 0) is 4.79 Å². The number of ketones is 1. The smallest absolute Gasteiger partial charge is 0.133 e. The lowest BCUT2D eigenvalue weighted by Gasteiger charge is -2.57. The van der Waals surface area contributed by atoms with E-state index >= 15 is 0 Å². The van der Waals surface area contributed by atoms with E-state index in [0.717, 1.165) is 49.4 Å². The minimum atomic E-state index is 0.332. The Bertz CT molecular complexity index is 651. The molecule has 0 heterocycles. The number of allylic oxidation sites excluding steroid dienone is 2. The standard InChI is InChI=1S/C27H44O2/c1-18(17-28)6-5-7-19(2)23-10-11-24-22-9-8-20-16-21(29)12-14-26(20,3)25(22)13-15-27(23,24)4/h9,18-20,23-25,28H,5-8,10-17H2,1-4H3/t18-,19+,20-,23+,24-,25?,26-,27+/m0/s1. The average molecular weight is 401 g/mol. The Kier molecular flexibility index (Phi) is 6.06. The van der Waals surface area contributed by atoms with Gasteiger partial charge in [-0.2, -0.15) is 0 Å². The Morgan fingerprint density at radius 1 is 1.07 bits per heavy atom. The second-order valence-corrected chi connectivity index (χ2v) is 11.9. The first-order valence-corrected chi connectivity index (χ1v) is 12.6. The summed E-state index contributed by atoms with van der Waals surface area (Å²) < 4.78 is 0. The van der Waals surface area contributed by atoms with E-state index in [0.29, 0.717) is 35.1 Å². The van der Waals surface area contributed by atoms with Gasteiger partial charge in [0.15, 0.2) is 0 Å². The Morgan fingerprint density at radius 2 is 1.83 bits per heavy atom. The fourth-order valence-electron chi connectivity index (χ4n) is 8.36. The fourth-order valence-corrected chi connectivity index (χ4v) is 8.36. The van der Waals surface area contributed by atoms with Gasteiger partial charge in [0.05, 0.1) is 0 Å². The van der Waals surface area contributed by atoms with Crippen molar-refractivity contribution in [2.24, 2.45) is 46.3 Å². The summed E-state index contributed by atoms with van der Waals surface area (Å²) in [6, 6.07) is 0. The van der Waals surface area contributed by atoms with Crippen LogP contribution < -0.4 is 0 Å². The highest BCUT2D eigenvalue weighted by molar-refractivity contribution is 5.79. The quantitative estimate of drug-likeness (QED) is 0.512. The van der Waals surface area contributed by atoms with Gasteiger partial charge in [0.2, 0.25) is 0 Å². The van der Waals surface area contributed by atoms with Crippen LogP contribution in [0.15, 0.2) is 11.6 Å². The van der Waals surface area contributed by atoms with Crippen LogP contribution in [0.1, 0.15) is 98.3 Å². The van der Waals surface area contributed by atoms with Gasteiger partial charge in [-0.15, -0.1) is 0 Å². The Labute approximate surface area is 178 Å². The van der Waals surface area contributed by atoms with Gasteiger partial charge in [-0.3, -0.25) is 4.79 Å². The minimum Gasteiger partial charge on any atom is -0.396 e. The molecule has 1 N–H and O–H groups in total. The van der Waals surface area contributed by atoms with Crippen LogP contribution in [0.3, 0.4) is 0 Å². The molecule has 0 spiro atoms. The molecule has 0 aromatic heterocycles. The number of hydrogen-bond donors (Lipinski definition) is 1. The van der Waals surface area contributed by atoms with E-state index in [1.165, 1.54) is 44.9 Å². The summed E-state index contributed by atoms with van der Waals surface area (Å²) in [6.45, 7) is 10.2. The number of carbonyl (C=O) groups is 1. The molecule has 4 aliphatic carbocycles. The lowest BCUT2D eigenvalue weighted by Crippen LogP contribution is -2.49. The monoisotopic (exact) mass is 400 g/mol. The van der Waals surface area contributed by atoms with Crippen molar-refractivity contribution in [2.45, 2.75) is 98.3 Å². The molecule has 3 saturated carbocycles. The van der Waals surface area contributed by atoms with Crippen LogP contribution in [0.2, 0.25) is 0 Å². The van der Waals surface area contributed by atoms with Crippen molar-refractivity contribution in [2.75, 3.05) is 6.61 Å². The highest BCUT2D eigenvalue weighted by atomic mass is 16.3. The van der Waals surface area contributed by atoms with Crippen molar-refractivity contribution in [1.82, 2.24) is 0 Å². The maximum atomic E-state index is 12.1. The molecule has 0 amide bonds. The first-order valence-electron chi connectivity index (χ1n) is 12.6. The van der Waals surface area contributed by atoms with Crippen molar-refractivity contribution in [3.05, 3.63) is 11.6 Å². The number of carbonyl (C=O) groups excluding carboxylic acids is 1. The van der Waals surface area contributed by atoms with Crippen LogP contribution in [0, 0.1) is 46.3 Å². The molecule has 0 aromatic rings. The van der Waals surface area contributed by atoms with Crippen molar-refractivity contribution >= 4 is 5.78 Å². The van der Waals surface area contributed by atoms with Crippen molar-refractivity contribution in [3.63, 3.8) is 0 Å². The highest BCUT2D eigenvalue weighted by Gasteiger charge is 2.58. The van der Waals surface area contributed by atoms with E-state index in [-0.39, 0.29) is 0 Å². The summed E-state index contributed by atoms with van der Waals surface area (Å²) >= 11 is 0. The molecule has 4 aliphatic rings. The number of fused-ring (bicyclic) bond motifs is 5. The first-order chi connectivity index (χ1) is 13.8. The summed E-state index contributed by atoms with van der Waals surface area (Å²) in [5, 5.41) is 9.31. The number of Topliss-reactive ketones (excluding diaryl/α,β-unsaturated/α-hetero) is 1. The second-order valence-electron chi connectivity index (χ2n) is 11.9. The van der Waals surface area contributed by atoms with E-state index in [4.69, 9.17) is 0 Å². The molecule has 0 aromatic carbocycles. The maximum Gasteiger partial charge on any atom is 0.133 e. The third-order valence-electron chi connectivity index (χ3n) is 10.3. The summed E-state index contributed by atoms with van der Waals surface area (Å²) in [4.78, 5) is 12.1. The molecule has 2 nitrogen and oxygen atoms in total. The van der Waals surface area contributed by atoms with Gasteiger partial charge < -0.3 is 5.11 Å². The number of rotatable bonds is 6. The Morgan fingerprint density at radius 3 is 2.59 bits per heavy atom. The maximum absolute atomic E-state index is 12.1. The van der Waals surface area contributed by atoms with E-state index in [1.54, 1.807) is 0 Å². The molecule has 1 unspecified atom stereocenters. The predicted octanol–water partition coefficient (Wildman–Crippen LogP) is 6.57. The highest BCUT2D eigenvalue weighted by Crippen LogP contribution is 2.66. The molecule has 164 valence electrons. The summed E-state index contributed by atoms with van der Waals surface area (Å²) in [7, 11) is 0. The minimum absolute atomic E-state index is 0.332. The van der Waals surface area contributed by atoms with Crippen LogP contribution in [0.25, 0.3) is 0 Å². The first kappa shape index (κ1) is 21.6. The SMILES string of the molecule is C[C@H](CO)CCC[C@@H](C)[C@H]1CC[C@H]2C3=CC[C@H]4CC(=O)CC[C@]4(C)C3CC[C@]12C. The van der Waals surface area contributed by atoms with Crippen LogP contribution in [0.5, 0.6) is 0 Å². The molecular weight excluding hydrogens is 356 g/mol. The number of aliphatic hydroxyl groups excluding tert-OH is 1. The molecule has 29 heavy (non-hydrogen) atoms. The van der Waals surface area contributed by atoms with Gasteiger partial charge in [-0.05, 0) is 91.3 Å². The normalized spacial score (nSPS) is 43.8. The van der Waals surface area contributed by atoms with Crippen LogP contribution >= 0.6 is 0 Å². The molecule has 0 saturated heterocycles. The molecule has 2 heteroatoms. The Hall–Kier alpha value is -0.630. The molecule has 8 atom stereocenters. The number of hydrogen-bond acceptors (Lipinski definition) is 2. The van der Waals surface area contributed by atoms with Crippen LogP contribution in [0.4, 0.5) is 0 Å². The number of aliphatic hydroxyl groups is 1. The molecule has 0 aliphatic heterocycles. The molecule has 0 bridgehead atoms. The lowest BCUT2D eigenvalue weighted by molar-refractivity contribution is -0.127. The summed E-state index contributed by atoms with van der Waals surface area (Å²) in [5.41, 5.74) is 2.68. The van der Waals surface area contributed by atoms with E-state index < -0.39 is 0 Å². The third-order valence-corrected chi connectivity index (χ3v) is 10.3. The van der Waals surface area contributed by atoms with Gasteiger partial charge in [0.25, 0.3) is 0 Å². The van der Waals surface area contributed by atoms with Gasteiger partial charge in [-0.1, -0.05) is 52.2 Å².